The first-order valence-electron chi connectivity index (χ1n) is 11.9. The summed E-state index contributed by atoms with van der Waals surface area (Å²) in [6.45, 7) is 5.06. The monoisotopic (exact) mass is 476 g/mol. The summed E-state index contributed by atoms with van der Waals surface area (Å²) < 4.78 is 7.54. The van der Waals surface area contributed by atoms with Gasteiger partial charge < -0.3 is 10.1 Å². The molecule has 1 N–H and O–H groups in total. The van der Waals surface area contributed by atoms with E-state index >= 15 is 0 Å². The Kier molecular flexibility index (Phi) is 7.94. The average molecular weight is 477 g/mol. The Balaban J connectivity index is 1.70. The second kappa shape index (κ2) is 11.7. The van der Waals surface area contributed by atoms with Crippen LogP contribution < -0.4 is 10.1 Å². The normalized spacial score (nSPS) is 11.1. The lowest BCUT2D eigenvalue weighted by Gasteiger charge is -2.09. The van der Waals surface area contributed by atoms with Gasteiger partial charge in [0.15, 0.2) is 0 Å². The first-order chi connectivity index (χ1) is 17.6. The summed E-state index contributed by atoms with van der Waals surface area (Å²) >= 11 is 0. The third-order valence-corrected chi connectivity index (χ3v) is 5.65. The van der Waals surface area contributed by atoms with Crippen molar-refractivity contribution in [2.24, 2.45) is 0 Å². The van der Waals surface area contributed by atoms with Gasteiger partial charge in [-0.1, -0.05) is 55.5 Å². The van der Waals surface area contributed by atoms with Gasteiger partial charge in [0.05, 0.1) is 12.3 Å². The fourth-order valence-corrected chi connectivity index (χ4v) is 3.80. The highest BCUT2D eigenvalue weighted by Gasteiger charge is 2.17. The average Bonchev–Trinajstić information content (AvgIpc) is 3.33. The number of carbonyl (C=O) groups is 1. The zero-order chi connectivity index (χ0) is 25.3. The van der Waals surface area contributed by atoms with E-state index in [4.69, 9.17) is 9.84 Å². The van der Waals surface area contributed by atoms with Gasteiger partial charge >= 0.3 is 0 Å². The first kappa shape index (κ1) is 24.5. The number of amides is 1. The predicted octanol–water partition coefficient (Wildman–Crippen LogP) is 5.86. The van der Waals surface area contributed by atoms with E-state index in [1.807, 2.05) is 92.0 Å². The molecule has 0 saturated carbocycles. The fraction of sp³-hybridized carbons (Fsp3) is 0.167. The van der Waals surface area contributed by atoms with E-state index in [9.17, 15) is 10.1 Å². The molecule has 36 heavy (non-hydrogen) atoms. The number of nitrogens with one attached hydrogen (secondary N) is 1. The van der Waals surface area contributed by atoms with Crippen LogP contribution in [-0.4, -0.2) is 22.3 Å². The van der Waals surface area contributed by atoms with Gasteiger partial charge in [0.2, 0.25) is 0 Å². The minimum absolute atomic E-state index is 0.0142. The molecule has 3 aromatic carbocycles. The maximum atomic E-state index is 12.8. The maximum absolute atomic E-state index is 12.8. The lowest BCUT2D eigenvalue weighted by atomic mass is 10.0. The van der Waals surface area contributed by atoms with Crippen LogP contribution in [0.5, 0.6) is 5.75 Å². The Morgan fingerprint density at radius 1 is 1.08 bits per heavy atom. The number of para-hydroxylation sites is 1. The van der Waals surface area contributed by atoms with Crippen LogP contribution in [0.15, 0.2) is 90.6 Å². The number of benzene rings is 3. The van der Waals surface area contributed by atoms with E-state index in [0.717, 1.165) is 34.5 Å². The van der Waals surface area contributed by atoms with Gasteiger partial charge in [0.1, 0.15) is 23.1 Å². The van der Waals surface area contributed by atoms with Gasteiger partial charge in [0, 0.05) is 23.9 Å². The topological polar surface area (TPSA) is 79.9 Å². The highest BCUT2D eigenvalue weighted by molar-refractivity contribution is 6.02. The minimum atomic E-state index is -0.431. The molecule has 6 nitrogen and oxygen atoms in total. The molecule has 0 spiro atoms. The quantitative estimate of drug-likeness (QED) is 0.242. The van der Waals surface area contributed by atoms with Crippen LogP contribution in [0.4, 0.5) is 0 Å². The molecule has 1 aromatic heterocycles. The van der Waals surface area contributed by atoms with Crippen molar-refractivity contribution in [1.82, 2.24) is 15.1 Å². The van der Waals surface area contributed by atoms with Crippen molar-refractivity contribution >= 4 is 12.0 Å². The van der Waals surface area contributed by atoms with Gasteiger partial charge in [0.25, 0.3) is 5.91 Å². The minimum Gasteiger partial charge on any atom is -0.494 e. The van der Waals surface area contributed by atoms with E-state index in [1.165, 1.54) is 0 Å². The van der Waals surface area contributed by atoms with Crippen molar-refractivity contribution in [3.8, 4) is 28.8 Å². The number of aryl methyl sites for hydroxylation is 1. The van der Waals surface area contributed by atoms with E-state index in [2.05, 4.69) is 18.3 Å². The largest absolute Gasteiger partial charge is 0.494 e. The van der Waals surface area contributed by atoms with Gasteiger partial charge in [-0.15, -0.1) is 0 Å². The lowest BCUT2D eigenvalue weighted by molar-refractivity contribution is -0.117. The number of aromatic nitrogens is 2. The Morgan fingerprint density at radius 2 is 1.81 bits per heavy atom. The molecule has 0 aliphatic carbocycles. The van der Waals surface area contributed by atoms with Gasteiger partial charge in [-0.05, 0) is 60.9 Å². The Hall–Kier alpha value is -4.63. The van der Waals surface area contributed by atoms with Crippen LogP contribution in [0.25, 0.3) is 23.0 Å². The second-order valence-corrected chi connectivity index (χ2v) is 8.38. The molecule has 6 heteroatoms. The summed E-state index contributed by atoms with van der Waals surface area (Å²) in [5, 5.41) is 17.5. The molecule has 4 aromatic rings. The molecule has 1 heterocycles. The van der Waals surface area contributed by atoms with E-state index in [1.54, 1.807) is 10.8 Å². The Bertz CT molecular complexity index is 1400. The smallest absolute Gasteiger partial charge is 0.262 e. The first-order valence-corrected chi connectivity index (χ1v) is 11.9. The molecule has 0 bridgehead atoms. The number of ether oxygens (including phenoxy) is 1. The molecule has 0 saturated heterocycles. The molecule has 4 rings (SSSR count). The van der Waals surface area contributed by atoms with Crippen molar-refractivity contribution in [3.63, 3.8) is 0 Å². The van der Waals surface area contributed by atoms with Gasteiger partial charge in [-0.25, -0.2) is 4.68 Å². The number of nitrogens with zero attached hydrogens (tertiary/aromatic N) is 3. The van der Waals surface area contributed by atoms with Crippen molar-refractivity contribution in [2.45, 2.75) is 26.8 Å². The SMILES string of the molecule is CCCOc1ccc(-c2nn(-c3ccccc3)cc2C=C(C#N)C(=O)NCc2ccccc2)c(C)c1. The third kappa shape index (κ3) is 5.89. The standard InChI is InChI=1S/C30H28N4O2/c1-3-16-36-27-14-15-28(22(2)17-27)29-25(21-34(33-29)26-12-8-5-9-13-26)18-24(19-31)30(35)32-20-23-10-6-4-7-11-23/h4-15,17-18,21H,3,16,20H2,1-2H3,(H,32,35). The number of hydrogen-bond donors (Lipinski definition) is 1. The van der Waals surface area contributed by atoms with Crippen LogP contribution in [-0.2, 0) is 11.3 Å². The zero-order valence-corrected chi connectivity index (χ0v) is 20.4. The van der Waals surface area contributed by atoms with Crippen molar-refractivity contribution in [1.29, 1.82) is 5.26 Å². The van der Waals surface area contributed by atoms with E-state index in [0.29, 0.717) is 24.4 Å². The van der Waals surface area contributed by atoms with Crippen LogP contribution in [0.3, 0.4) is 0 Å². The number of hydrogen-bond acceptors (Lipinski definition) is 4. The molecule has 0 fully saturated rings. The zero-order valence-electron chi connectivity index (χ0n) is 20.4. The fourth-order valence-electron chi connectivity index (χ4n) is 3.80. The summed E-state index contributed by atoms with van der Waals surface area (Å²) in [7, 11) is 0. The van der Waals surface area contributed by atoms with Crippen molar-refractivity contribution < 1.29 is 9.53 Å². The Labute approximate surface area is 211 Å². The van der Waals surface area contributed by atoms with Crippen LogP contribution in [0, 0.1) is 18.3 Å². The molecule has 0 radical (unpaired) electrons. The Morgan fingerprint density at radius 3 is 2.47 bits per heavy atom. The lowest BCUT2D eigenvalue weighted by Crippen LogP contribution is -2.23. The van der Waals surface area contributed by atoms with Crippen LogP contribution in [0.1, 0.15) is 30.0 Å². The van der Waals surface area contributed by atoms with Crippen LogP contribution >= 0.6 is 0 Å². The van der Waals surface area contributed by atoms with Crippen molar-refractivity contribution in [2.75, 3.05) is 6.61 Å². The van der Waals surface area contributed by atoms with Gasteiger partial charge in [-0.3, -0.25) is 4.79 Å². The molecule has 0 atom stereocenters. The number of rotatable bonds is 9. The molecule has 0 aliphatic rings. The summed E-state index contributed by atoms with van der Waals surface area (Å²) in [6, 6.07) is 27.3. The molecule has 0 aliphatic heterocycles. The number of nitriles is 1. The van der Waals surface area contributed by atoms with Crippen molar-refractivity contribution in [3.05, 3.63) is 107 Å². The molecule has 1 amide bonds. The third-order valence-electron chi connectivity index (χ3n) is 5.65. The van der Waals surface area contributed by atoms with Gasteiger partial charge in [-0.2, -0.15) is 10.4 Å². The number of carbonyl (C=O) groups excluding carboxylic acids is 1. The molecular weight excluding hydrogens is 448 g/mol. The van der Waals surface area contributed by atoms with E-state index < -0.39 is 5.91 Å². The summed E-state index contributed by atoms with van der Waals surface area (Å²) in [5.74, 6) is 0.371. The van der Waals surface area contributed by atoms with E-state index in [-0.39, 0.29) is 5.57 Å². The molecule has 0 unspecified atom stereocenters. The van der Waals surface area contributed by atoms with Crippen LogP contribution in [0.2, 0.25) is 0 Å². The summed E-state index contributed by atoms with van der Waals surface area (Å²) in [4.78, 5) is 12.8. The molecular formula is C30H28N4O2. The maximum Gasteiger partial charge on any atom is 0.262 e. The summed E-state index contributed by atoms with van der Waals surface area (Å²) in [6.07, 6.45) is 4.37. The second-order valence-electron chi connectivity index (χ2n) is 8.38. The summed E-state index contributed by atoms with van der Waals surface area (Å²) in [5.41, 5.74) is 5.11. The predicted molar refractivity (Wildman–Crippen MR) is 141 cm³/mol. The highest BCUT2D eigenvalue weighted by atomic mass is 16.5. The highest BCUT2D eigenvalue weighted by Crippen LogP contribution is 2.30. The molecule has 180 valence electrons.